The van der Waals surface area contributed by atoms with Gasteiger partial charge in [0.25, 0.3) is 0 Å². The predicted molar refractivity (Wildman–Crippen MR) is 113 cm³/mol. The summed E-state index contributed by atoms with van der Waals surface area (Å²) in [5.41, 5.74) is 3.60. The first-order valence-electron chi connectivity index (χ1n) is 9.96. The van der Waals surface area contributed by atoms with Gasteiger partial charge in [-0.3, -0.25) is 4.79 Å². The molecule has 30 heavy (non-hydrogen) atoms. The van der Waals surface area contributed by atoms with E-state index in [4.69, 9.17) is 19.6 Å². The Morgan fingerprint density at radius 2 is 1.63 bits per heavy atom. The predicted octanol–water partition coefficient (Wildman–Crippen LogP) is 3.98. The summed E-state index contributed by atoms with van der Waals surface area (Å²) in [6, 6.07) is 15.1. The minimum atomic E-state index is -0.311. The number of methoxy groups -OCH3 is 2. The van der Waals surface area contributed by atoms with Crippen molar-refractivity contribution in [3.8, 4) is 22.9 Å². The number of carbonyl (C=O) groups excluding carboxylic acids is 1. The summed E-state index contributed by atoms with van der Waals surface area (Å²) in [5, 5.41) is 8.15. The van der Waals surface area contributed by atoms with E-state index in [1.807, 2.05) is 53.2 Å². The molecule has 5 rings (SSSR count). The van der Waals surface area contributed by atoms with Gasteiger partial charge in [-0.2, -0.15) is 4.98 Å². The molecule has 1 aliphatic carbocycles. The maximum atomic E-state index is 12.9. The van der Waals surface area contributed by atoms with Crippen LogP contribution in [0.15, 0.2) is 59.8 Å². The lowest BCUT2D eigenvalue weighted by atomic mass is 9.85. The highest BCUT2D eigenvalue weighted by atomic mass is 16.5. The summed E-state index contributed by atoms with van der Waals surface area (Å²) < 4.78 is 12.4. The number of fused-ring (bicyclic) bond motifs is 1. The van der Waals surface area contributed by atoms with Gasteiger partial charge >= 0.3 is 0 Å². The van der Waals surface area contributed by atoms with Crippen LogP contribution in [0, 0.1) is 0 Å². The molecule has 3 aromatic rings. The zero-order chi connectivity index (χ0) is 20.7. The first-order chi connectivity index (χ1) is 14.7. The lowest BCUT2D eigenvalue weighted by molar-refractivity contribution is -0.116. The molecule has 2 aliphatic rings. The Labute approximate surface area is 174 Å². The number of benzene rings is 2. The Balaban J connectivity index is 1.62. The number of nitrogens with zero attached hydrogens (tertiary/aromatic N) is 3. The van der Waals surface area contributed by atoms with Gasteiger partial charge in [0.1, 0.15) is 17.5 Å². The summed E-state index contributed by atoms with van der Waals surface area (Å²) in [7, 11) is 3.28. The van der Waals surface area contributed by atoms with Crippen molar-refractivity contribution in [3.05, 3.63) is 65.4 Å². The second kappa shape index (κ2) is 7.33. The molecule has 2 aromatic carbocycles. The van der Waals surface area contributed by atoms with Gasteiger partial charge in [0.05, 0.1) is 14.2 Å². The molecule has 0 unspecified atom stereocenters. The van der Waals surface area contributed by atoms with Gasteiger partial charge < -0.3 is 14.8 Å². The van der Waals surface area contributed by atoms with E-state index in [0.717, 1.165) is 46.7 Å². The lowest BCUT2D eigenvalue weighted by Crippen LogP contribution is -2.31. The third-order valence-corrected chi connectivity index (χ3v) is 5.65. The van der Waals surface area contributed by atoms with Crippen molar-refractivity contribution >= 4 is 11.7 Å². The van der Waals surface area contributed by atoms with E-state index in [1.54, 1.807) is 14.2 Å². The summed E-state index contributed by atoms with van der Waals surface area (Å²) in [5.74, 6) is 2.96. The van der Waals surface area contributed by atoms with Crippen molar-refractivity contribution in [1.29, 1.82) is 0 Å². The zero-order valence-corrected chi connectivity index (χ0v) is 16.9. The topological polar surface area (TPSA) is 78.3 Å². The van der Waals surface area contributed by atoms with Crippen LogP contribution in [0.5, 0.6) is 11.5 Å². The van der Waals surface area contributed by atoms with Crippen LogP contribution in [0.25, 0.3) is 11.4 Å². The highest BCUT2D eigenvalue weighted by Gasteiger charge is 2.36. The number of allylic oxidation sites excluding steroid dienone is 2. The molecule has 1 atom stereocenters. The maximum absolute atomic E-state index is 12.9. The molecule has 0 spiro atoms. The van der Waals surface area contributed by atoms with Crippen LogP contribution >= 0.6 is 0 Å². The first-order valence-corrected chi connectivity index (χ1v) is 9.96. The molecule has 152 valence electrons. The Morgan fingerprint density at radius 3 is 2.30 bits per heavy atom. The Morgan fingerprint density at radius 1 is 0.967 bits per heavy atom. The van der Waals surface area contributed by atoms with Crippen LogP contribution in [-0.2, 0) is 4.79 Å². The number of hydrogen-bond donors (Lipinski definition) is 1. The van der Waals surface area contributed by atoms with Gasteiger partial charge in [0.15, 0.2) is 11.6 Å². The highest BCUT2D eigenvalue weighted by Crippen LogP contribution is 2.41. The molecule has 2 heterocycles. The third kappa shape index (κ3) is 3.03. The molecule has 0 saturated heterocycles. The van der Waals surface area contributed by atoms with Gasteiger partial charge in [-0.25, -0.2) is 4.68 Å². The van der Waals surface area contributed by atoms with Crippen LogP contribution in [0.4, 0.5) is 5.95 Å². The van der Waals surface area contributed by atoms with E-state index < -0.39 is 0 Å². The van der Waals surface area contributed by atoms with Crippen molar-refractivity contribution in [1.82, 2.24) is 14.8 Å². The van der Waals surface area contributed by atoms with Crippen molar-refractivity contribution in [2.45, 2.75) is 25.3 Å². The lowest BCUT2D eigenvalue weighted by Gasteiger charge is -2.32. The number of anilines is 1. The van der Waals surface area contributed by atoms with Crippen molar-refractivity contribution in [2.75, 3.05) is 19.5 Å². The molecule has 0 radical (unpaired) electrons. The largest absolute Gasteiger partial charge is 0.497 e. The number of aromatic nitrogens is 3. The van der Waals surface area contributed by atoms with Crippen LogP contribution in [-0.4, -0.2) is 34.8 Å². The molecule has 7 heteroatoms. The molecular weight excluding hydrogens is 380 g/mol. The van der Waals surface area contributed by atoms with Gasteiger partial charge in [-0.1, -0.05) is 12.1 Å². The SMILES string of the molecule is COc1ccc(-c2nc3n(n2)[C@@H](c2ccc(OC)cc2)C2=C(CCCC2=O)N3)cc1. The Hall–Kier alpha value is -3.61. The van der Waals surface area contributed by atoms with Crippen molar-refractivity contribution in [3.63, 3.8) is 0 Å². The second-order valence-corrected chi connectivity index (χ2v) is 7.40. The van der Waals surface area contributed by atoms with E-state index in [0.29, 0.717) is 18.2 Å². The standard InChI is InChI=1S/C23H22N4O3/c1-29-16-10-6-14(7-11-16)21-20-18(4-3-5-19(20)28)24-23-25-22(26-27(21)23)15-8-12-17(30-2)13-9-15/h6-13,21H,3-5H2,1-2H3,(H,24,25,26)/t21-/m0/s1. The van der Waals surface area contributed by atoms with Crippen LogP contribution in [0.3, 0.4) is 0 Å². The van der Waals surface area contributed by atoms with E-state index in [-0.39, 0.29) is 11.8 Å². The van der Waals surface area contributed by atoms with Gasteiger partial charge in [-0.05, 0) is 54.8 Å². The summed E-state index contributed by atoms with van der Waals surface area (Å²) in [4.78, 5) is 17.6. The van der Waals surface area contributed by atoms with Crippen LogP contribution < -0.4 is 14.8 Å². The monoisotopic (exact) mass is 402 g/mol. The fourth-order valence-corrected chi connectivity index (χ4v) is 4.11. The van der Waals surface area contributed by atoms with Crippen LogP contribution in [0.1, 0.15) is 30.9 Å². The molecule has 0 saturated carbocycles. The van der Waals surface area contributed by atoms with Crippen LogP contribution in [0.2, 0.25) is 0 Å². The maximum Gasteiger partial charge on any atom is 0.226 e. The summed E-state index contributed by atoms with van der Waals surface area (Å²) in [6.45, 7) is 0. The number of ketones is 1. The quantitative estimate of drug-likeness (QED) is 0.711. The van der Waals surface area contributed by atoms with Crippen molar-refractivity contribution in [2.24, 2.45) is 0 Å². The van der Waals surface area contributed by atoms with E-state index in [9.17, 15) is 4.79 Å². The van der Waals surface area contributed by atoms with E-state index in [1.165, 1.54) is 0 Å². The minimum absolute atomic E-state index is 0.164. The fraction of sp³-hybridized carbons (Fsp3) is 0.261. The van der Waals surface area contributed by atoms with E-state index in [2.05, 4.69) is 5.32 Å². The van der Waals surface area contributed by atoms with Gasteiger partial charge in [0, 0.05) is 23.3 Å². The number of rotatable bonds is 4. The smallest absolute Gasteiger partial charge is 0.226 e. The number of carbonyl (C=O) groups is 1. The molecule has 1 N–H and O–H groups in total. The molecule has 7 nitrogen and oxygen atoms in total. The molecule has 1 aromatic heterocycles. The minimum Gasteiger partial charge on any atom is -0.497 e. The summed E-state index contributed by atoms with van der Waals surface area (Å²) in [6.07, 6.45) is 2.24. The highest BCUT2D eigenvalue weighted by molar-refractivity contribution is 5.99. The number of Topliss-reactive ketones (excluding diaryl/α,β-unsaturated/α-hetero) is 1. The Kier molecular flexibility index (Phi) is 4.50. The average molecular weight is 402 g/mol. The zero-order valence-electron chi connectivity index (χ0n) is 16.9. The number of hydrogen-bond acceptors (Lipinski definition) is 6. The molecule has 0 fully saturated rings. The number of nitrogens with one attached hydrogen (secondary N) is 1. The molecule has 0 bridgehead atoms. The normalized spacial score (nSPS) is 17.8. The number of ether oxygens (including phenoxy) is 2. The third-order valence-electron chi connectivity index (χ3n) is 5.65. The molecule has 0 amide bonds. The van der Waals surface area contributed by atoms with Gasteiger partial charge in [-0.15, -0.1) is 5.10 Å². The van der Waals surface area contributed by atoms with E-state index >= 15 is 0 Å². The summed E-state index contributed by atoms with van der Waals surface area (Å²) >= 11 is 0. The second-order valence-electron chi connectivity index (χ2n) is 7.40. The fourth-order valence-electron chi connectivity index (χ4n) is 4.11. The Bertz CT molecular complexity index is 1130. The molecular formula is C23H22N4O3. The molecule has 1 aliphatic heterocycles. The van der Waals surface area contributed by atoms with Gasteiger partial charge in [0.2, 0.25) is 5.95 Å². The van der Waals surface area contributed by atoms with Crippen molar-refractivity contribution < 1.29 is 14.3 Å². The first kappa shape index (κ1) is 18.4. The average Bonchev–Trinajstić information content (AvgIpc) is 3.22.